The van der Waals surface area contributed by atoms with Gasteiger partial charge < -0.3 is 15.2 Å². The lowest BCUT2D eigenvalue weighted by molar-refractivity contribution is 0.438. The number of H-pyrrole nitrogens is 2. The first-order valence-electron chi connectivity index (χ1n) is 12.4. The minimum atomic E-state index is -0.316. The quantitative estimate of drug-likeness (QED) is 0.211. The van der Waals surface area contributed by atoms with Crippen molar-refractivity contribution >= 4 is 27.8 Å². The molecule has 9 heteroatoms. The van der Waals surface area contributed by atoms with Crippen molar-refractivity contribution in [3.63, 3.8) is 0 Å². The smallest absolute Gasteiger partial charge is 0.178 e. The van der Waals surface area contributed by atoms with Gasteiger partial charge >= 0.3 is 0 Å². The van der Waals surface area contributed by atoms with Crippen molar-refractivity contribution in [2.75, 3.05) is 20.6 Å². The van der Waals surface area contributed by atoms with E-state index in [4.69, 9.17) is 4.98 Å². The van der Waals surface area contributed by atoms with E-state index in [2.05, 4.69) is 43.6 Å². The Labute approximate surface area is 225 Å². The van der Waals surface area contributed by atoms with Gasteiger partial charge in [-0.15, -0.1) is 0 Å². The summed E-state index contributed by atoms with van der Waals surface area (Å²) in [6.45, 7) is 10.7. The molecule has 0 bridgehead atoms. The van der Waals surface area contributed by atoms with Crippen LogP contribution in [0.25, 0.3) is 50.4 Å². The summed E-state index contributed by atoms with van der Waals surface area (Å²) in [6, 6.07) is 12.3. The number of aromatic amines is 2. The SMILES string of the molecule is C=C/C(=C\C(=C/C)c1ccc2[nH]nc(-c3nc4nccc(-c5ccccc5F)c4[nH]3)c2n1)NC(=C)CN(C)C. The number of nitrogens with zero attached hydrogens (tertiary/aromatic N) is 5. The number of pyridine rings is 2. The number of benzene rings is 1. The molecule has 0 unspecified atom stereocenters. The van der Waals surface area contributed by atoms with Crippen molar-refractivity contribution in [3.8, 4) is 22.6 Å². The van der Waals surface area contributed by atoms with Crippen LogP contribution in [0.2, 0.25) is 0 Å². The zero-order valence-corrected chi connectivity index (χ0v) is 22.1. The lowest BCUT2D eigenvalue weighted by atomic mass is 10.1. The maximum atomic E-state index is 14.6. The number of aromatic nitrogens is 6. The normalized spacial score (nSPS) is 12.4. The number of hydrogen-bond donors (Lipinski definition) is 3. The molecule has 8 nitrogen and oxygen atoms in total. The standard InChI is InChI=1S/C30H29FN8/c1-6-19(16-20(7-2)33-18(3)17-39(4)5)24-12-13-25-27(34-24)28(38-37-25)30-35-26-22(14-15-32-29(26)36-30)21-10-8-9-11-23(21)31/h6-16,33H,2-3,17H2,1,4-5H3,(H,37,38)(H,32,35,36)/b19-6+,20-16+. The third-order valence-corrected chi connectivity index (χ3v) is 6.15. The summed E-state index contributed by atoms with van der Waals surface area (Å²) >= 11 is 0. The minimum absolute atomic E-state index is 0.316. The maximum Gasteiger partial charge on any atom is 0.178 e. The highest BCUT2D eigenvalue weighted by molar-refractivity contribution is 5.95. The molecule has 0 fully saturated rings. The summed E-state index contributed by atoms with van der Waals surface area (Å²) < 4.78 is 14.6. The molecule has 1 aromatic carbocycles. The molecule has 4 heterocycles. The molecule has 0 aliphatic carbocycles. The number of fused-ring (bicyclic) bond motifs is 2. The molecule has 0 atom stereocenters. The molecular formula is C30H29FN8. The lowest BCUT2D eigenvalue weighted by Crippen LogP contribution is -2.23. The fourth-order valence-corrected chi connectivity index (χ4v) is 4.40. The third kappa shape index (κ3) is 5.25. The fourth-order valence-electron chi connectivity index (χ4n) is 4.40. The zero-order valence-electron chi connectivity index (χ0n) is 22.1. The van der Waals surface area contributed by atoms with Gasteiger partial charge in [-0.3, -0.25) is 5.10 Å². The third-order valence-electron chi connectivity index (χ3n) is 6.15. The highest BCUT2D eigenvalue weighted by atomic mass is 19.1. The molecular weight excluding hydrogens is 491 g/mol. The Morgan fingerprint density at radius 1 is 1.10 bits per heavy atom. The Hall–Kier alpha value is -4.89. The van der Waals surface area contributed by atoms with E-state index in [1.165, 1.54) is 6.07 Å². The average Bonchev–Trinajstić information content (AvgIpc) is 3.54. The Bertz CT molecular complexity index is 1760. The molecule has 0 saturated heterocycles. The monoisotopic (exact) mass is 520 g/mol. The van der Waals surface area contributed by atoms with Gasteiger partial charge in [0.05, 0.1) is 16.7 Å². The van der Waals surface area contributed by atoms with Crippen LogP contribution in [0.3, 0.4) is 0 Å². The Morgan fingerprint density at radius 3 is 2.67 bits per heavy atom. The number of nitrogens with one attached hydrogen (secondary N) is 3. The van der Waals surface area contributed by atoms with Gasteiger partial charge in [-0.05, 0) is 63.0 Å². The van der Waals surface area contributed by atoms with Crippen molar-refractivity contribution in [2.45, 2.75) is 6.92 Å². The van der Waals surface area contributed by atoms with Crippen molar-refractivity contribution in [1.82, 2.24) is 40.3 Å². The maximum absolute atomic E-state index is 14.6. The highest BCUT2D eigenvalue weighted by Crippen LogP contribution is 2.31. The second-order valence-electron chi connectivity index (χ2n) is 9.30. The Balaban J connectivity index is 1.54. The van der Waals surface area contributed by atoms with Gasteiger partial charge in [-0.1, -0.05) is 37.4 Å². The molecule has 0 aliphatic rings. The number of halogens is 1. The second-order valence-corrected chi connectivity index (χ2v) is 9.30. The summed E-state index contributed by atoms with van der Waals surface area (Å²) in [5.74, 6) is 0.173. The number of likely N-dealkylation sites (N-methyl/N-ethyl adjacent to an activating group) is 1. The summed E-state index contributed by atoms with van der Waals surface area (Å²) in [5.41, 5.74) is 7.52. The molecule has 3 N–H and O–H groups in total. The number of imidazole rings is 1. The van der Waals surface area contributed by atoms with Gasteiger partial charge in [0.1, 0.15) is 11.3 Å². The van der Waals surface area contributed by atoms with Crippen LogP contribution in [-0.2, 0) is 0 Å². The zero-order chi connectivity index (χ0) is 27.5. The number of allylic oxidation sites excluding steroid dienone is 4. The minimum Gasteiger partial charge on any atom is -0.358 e. The van der Waals surface area contributed by atoms with E-state index in [-0.39, 0.29) is 5.82 Å². The predicted molar refractivity (Wildman–Crippen MR) is 155 cm³/mol. The largest absolute Gasteiger partial charge is 0.358 e. The topological polar surface area (TPSA) is 98.4 Å². The Kier molecular flexibility index (Phi) is 7.16. The summed E-state index contributed by atoms with van der Waals surface area (Å²) in [7, 11) is 3.98. The van der Waals surface area contributed by atoms with Crippen molar-refractivity contribution < 1.29 is 4.39 Å². The first kappa shape index (κ1) is 25.7. The first-order chi connectivity index (χ1) is 18.9. The molecule has 196 valence electrons. The van der Waals surface area contributed by atoms with Crippen LogP contribution in [0.5, 0.6) is 0 Å². The van der Waals surface area contributed by atoms with Gasteiger partial charge in [-0.2, -0.15) is 5.10 Å². The average molecular weight is 521 g/mol. The van der Waals surface area contributed by atoms with Crippen LogP contribution < -0.4 is 5.32 Å². The van der Waals surface area contributed by atoms with E-state index in [1.807, 2.05) is 50.2 Å². The van der Waals surface area contributed by atoms with E-state index < -0.39 is 0 Å². The van der Waals surface area contributed by atoms with Crippen LogP contribution >= 0.6 is 0 Å². The van der Waals surface area contributed by atoms with Crippen molar-refractivity contribution in [2.24, 2.45) is 0 Å². The fraction of sp³-hybridized carbons (Fsp3) is 0.133. The van der Waals surface area contributed by atoms with Crippen molar-refractivity contribution in [3.05, 3.63) is 103 Å². The van der Waals surface area contributed by atoms with E-state index in [9.17, 15) is 4.39 Å². The molecule has 39 heavy (non-hydrogen) atoms. The Morgan fingerprint density at radius 2 is 1.92 bits per heavy atom. The molecule has 0 radical (unpaired) electrons. The highest BCUT2D eigenvalue weighted by Gasteiger charge is 2.18. The van der Waals surface area contributed by atoms with E-state index in [0.29, 0.717) is 45.9 Å². The van der Waals surface area contributed by atoms with Gasteiger partial charge in [0.2, 0.25) is 0 Å². The predicted octanol–water partition coefficient (Wildman–Crippen LogP) is 5.84. The van der Waals surface area contributed by atoms with Crippen LogP contribution in [0.4, 0.5) is 4.39 Å². The summed E-state index contributed by atoms with van der Waals surface area (Å²) in [6.07, 6.45) is 7.34. The summed E-state index contributed by atoms with van der Waals surface area (Å²) in [4.78, 5) is 19.3. The second kappa shape index (κ2) is 10.8. The molecule has 0 aliphatic heterocycles. The van der Waals surface area contributed by atoms with Gasteiger partial charge in [0, 0.05) is 35.3 Å². The first-order valence-corrected chi connectivity index (χ1v) is 12.4. The molecule has 0 saturated carbocycles. The van der Waals surface area contributed by atoms with Gasteiger partial charge in [0.15, 0.2) is 17.2 Å². The number of rotatable bonds is 9. The lowest BCUT2D eigenvalue weighted by Gasteiger charge is -2.15. The molecule has 5 rings (SSSR count). The van der Waals surface area contributed by atoms with E-state index in [0.717, 1.165) is 28.2 Å². The number of hydrogen-bond acceptors (Lipinski definition) is 6. The van der Waals surface area contributed by atoms with Crippen LogP contribution in [-0.4, -0.2) is 55.7 Å². The van der Waals surface area contributed by atoms with Gasteiger partial charge in [-0.25, -0.2) is 19.3 Å². The van der Waals surface area contributed by atoms with Gasteiger partial charge in [0.25, 0.3) is 0 Å². The van der Waals surface area contributed by atoms with Crippen LogP contribution in [0, 0.1) is 5.82 Å². The van der Waals surface area contributed by atoms with Crippen LogP contribution in [0.15, 0.2) is 91.4 Å². The van der Waals surface area contributed by atoms with Crippen LogP contribution in [0.1, 0.15) is 12.6 Å². The molecule has 5 aromatic rings. The van der Waals surface area contributed by atoms with Crippen molar-refractivity contribution in [1.29, 1.82) is 0 Å². The van der Waals surface area contributed by atoms with E-state index in [1.54, 1.807) is 36.5 Å². The molecule has 4 aromatic heterocycles. The molecule has 0 amide bonds. The molecule has 0 spiro atoms. The summed E-state index contributed by atoms with van der Waals surface area (Å²) in [5, 5.41) is 10.8. The van der Waals surface area contributed by atoms with E-state index >= 15 is 0 Å².